The number of carbonyl (C=O) groups is 2. The predicted octanol–water partition coefficient (Wildman–Crippen LogP) is 2.41. The van der Waals surface area contributed by atoms with Crippen LogP contribution in [0.2, 0.25) is 0 Å². The number of amides is 1. The van der Waals surface area contributed by atoms with Gasteiger partial charge in [-0.2, -0.15) is 0 Å². The number of methoxy groups -OCH3 is 1. The van der Waals surface area contributed by atoms with Crippen molar-refractivity contribution in [1.82, 2.24) is 5.32 Å². The summed E-state index contributed by atoms with van der Waals surface area (Å²) < 4.78 is 9.99. The molecule has 0 aromatic heterocycles. The van der Waals surface area contributed by atoms with Crippen LogP contribution < -0.4 is 11.1 Å². The van der Waals surface area contributed by atoms with Gasteiger partial charge in [0, 0.05) is 5.92 Å². The number of hydrogen-bond acceptors (Lipinski definition) is 5. The van der Waals surface area contributed by atoms with Crippen LogP contribution >= 0.6 is 0 Å². The monoisotopic (exact) mass is 354 g/mol. The molecule has 0 aliphatic heterocycles. The Morgan fingerprint density at radius 2 is 1.62 bits per heavy atom. The second kappa shape index (κ2) is 7.58. The third-order valence-electron chi connectivity index (χ3n) is 4.70. The zero-order valence-electron chi connectivity index (χ0n) is 14.8. The molecule has 2 aromatic carbocycles. The molecule has 0 radical (unpaired) electrons. The highest BCUT2D eigenvalue weighted by Crippen LogP contribution is 2.44. The lowest BCUT2D eigenvalue weighted by Gasteiger charge is -2.20. The second-order valence-corrected chi connectivity index (χ2v) is 6.31. The predicted molar refractivity (Wildman–Crippen MR) is 97.7 cm³/mol. The van der Waals surface area contributed by atoms with Crippen LogP contribution in [0.3, 0.4) is 0 Å². The Morgan fingerprint density at radius 3 is 2.15 bits per heavy atom. The maximum atomic E-state index is 12.1. The van der Waals surface area contributed by atoms with Gasteiger partial charge in [0.15, 0.2) is 0 Å². The van der Waals surface area contributed by atoms with Crippen LogP contribution in [0, 0.1) is 0 Å². The van der Waals surface area contributed by atoms with Crippen molar-refractivity contribution in [1.29, 1.82) is 0 Å². The number of nitrogens with two attached hydrogens (primary N) is 1. The first-order valence-corrected chi connectivity index (χ1v) is 8.48. The first-order chi connectivity index (χ1) is 12.5. The molecular formula is C20H22N2O4. The summed E-state index contributed by atoms with van der Waals surface area (Å²) in [5.74, 6) is -0.603. The third-order valence-corrected chi connectivity index (χ3v) is 4.70. The number of nitrogens with one attached hydrogen (secondary N) is 1. The van der Waals surface area contributed by atoms with Gasteiger partial charge in [-0.1, -0.05) is 48.5 Å². The Morgan fingerprint density at radius 1 is 1.08 bits per heavy atom. The number of ether oxygens (including phenoxy) is 2. The van der Waals surface area contributed by atoms with Gasteiger partial charge in [0.1, 0.15) is 12.6 Å². The van der Waals surface area contributed by atoms with Crippen molar-refractivity contribution < 1.29 is 19.1 Å². The van der Waals surface area contributed by atoms with Crippen LogP contribution in [-0.2, 0) is 14.3 Å². The average Bonchev–Trinajstić information content (AvgIpc) is 2.99. The average molecular weight is 354 g/mol. The third kappa shape index (κ3) is 3.41. The summed E-state index contributed by atoms with van der Waals surface area (Å²) in [7, 11) is 1.25. The zero-order chi connectivity index (χ0) is 18.7. The van der Waals surface area contributed by atoms with Crippen molar-refractivity contribution in [2.75, 3.05) is 13.7 Å². The lowest BCUT2D eigenvalue weighted by molar-refractivity contribution is -0.142. The molecular weight excluding hydrogens is 332 g/mol. The number of carbonyl (C=O) groups excluding carboxylic acids is 2. The Hall–Kier alpha value is -2.86. The van der Waals surface area contributed by atoms with Crippen LogP contribution in [0.5, 0.6) is 0 Å². The van der Waals surface area contributed by atoms with Gasteiger partial charge in [-0.15, -0.1) is 0 Å². The highest BCUT2D eigenvalue weighted by Gasteiger charge is 2.29. The van der Waals surface area contributed by atoms with E-state index in [0.717, 1.165) is 22.3 Å². The largest absolute Gasteiger partial charge is 0.468 e. The van der Waals surface area contributed by atoms with Gasteiger partial charge in [-0.3, -0.25) is 4.79 Å². The lowest BCUT2D eigenvalue weighted by Crippen LogP contribution is -2.50. The normalized spacial score (nSPS) is 14.7. The topological polar surface area (TPSA) is 90.6 Å². The van der Waals surface area contributed by atoms with Crippen molar-refractivity contribution in [3.63, 3.8) is 0 Å². The van der Waals surface area contributed by atoms with Gasteiger partial charge in [-0.25, -0.2) is 4.79 Å². The van der Waals surface area contributed by atoms with Crippen molar-refractivity contribution in [3.8, 4) is 11.1 Å². The van der Waals surface area contributed by atoms with E-state index in [9.17, 15) is 9.59 Å². The van der Waals surface area contributed by atoms with Crippen molar-refractivity contribution >= 4 is 12.1 Å². The van der Waals surface area contributed by atoms with E-state index in [-0.39, 0.29) is 12.5 Å². The molecule has 0 saturated heterocycles. The first-order valence-electron chi connectivity index (χ1n) is 8.48. The van der Waals surface area contributed by atoms with Crippen LogP contribution in [0.1, 0.15) is 24.0 Å². The quantitative estimate of drug-likeness (QED) is 0.805. The molecule has 3 rings (SSSR count). The fourth-order valence-electron chi connectivity index (χ4n) is 3.26. The van der Waals surface area contributed by atoms with E-state index in [1.807, 2.05) is 24.3 Å². The summed E-state index contributed by atoms with van der Waals surface area (Å²) in [6, 6.07) is 14.7. The number of benzene rings is 2. The SMILES string of the molecule is COC(=O)[C@H](N)[C@@H](C)NC(=O)OCC1c2ccccc2-c2ccccc21. The fraction of sp³-hybridized carbons (Fsp3) is 0.300. The highest BCUT2D eigenvalue weighted by molar-refractivity contribution is 5.79. The zero-order valence-corrected chi connectivity index (χ0v) is 14.8. The summed E-state index contributed by atoms with van der Waals surface area (Å²) in [6.07, 6.45) is -0.612. The van der Waals surface area contributed by atoms with E-state index in [0.29, 0.717) is 0 Å². The van der Waals surface area contributed by atoms with Crippen LogP contribution in [0.25, 0.3) is 11.1 Å². The fourth-order valence-corrected chi connectivity index (χ4v) is 3.26. The van der Waals surface area contributed by atoms with Gasteiger partial charge < -0.3 is 20.5 Å². The Kier molecular flexibility index (Phi) is 5.23. The van der Waals surface area contributed by atoms with E-state index in [1.165, 1.54) is 7.11 Å². The molecule has 1 aliphatic rings. The maximum absolute atomic E-state index is 12.1. The van der Waals surface area contributed by atoms with E-state index >= 15 is 0 Å². The van der Waals surface area contributed by atoms with Gasteiger partial charge in [0.05, 0.1) is 13.2 Å². The standard InChI is InChI=1S/C20H22N2O4/c1-12(18(21)19(23)25-2)22-20(24)26-11-17-15-9-5-3-7-13(15)14-8-4-6-10-16(14)17/h3-10,12,17-18H,11,21H2,1-2H3,(H,22,24)/t12-,18-/m1/s1. The molecule has 2 aromatic rings. The van der Waals surface area contributed by atoms with E-state index in [1.54, 1.807) is 6.92 Å². The summed E-state index contributed by atoms with van der Waals surface area (Å²) in [5, 5.41) is 2.58. The number of hydrogen-bond donors (Lipinski definition) is 2. The molecule has 0 saturated carbocycles. The Labute approximate surface area is 152 Å². The van der Waals surface area contributed by atoms with Gasteiger partial charge in [0.25, 0.3) is 0 Å². The van der Waals surface area contributed by atoms with E-state index in [4.69, 9.17) is 10.5 Å². The van der Waals surface area contributed by atoms with Crippen molar-refractivity contribution in [3.05, 3.63) is 59.7 Å². The van der Waals surface area contributed by atoms with E-state index < -0.39 is 24.1 Å². The molecule has 26 heavy (non-hydrogen) atoms. The molecule has 6 heteroatoms. The van der Waals surface area contributed by atoms with Crippen molar-refractivity contribution in [2.24, 2.45) is 5.73 Å². The molecule has 0 fully saturated rings. The Bertz CT molecular complexity index is 775. The summed E-state index contributed by atoms with van der Waals surface area (Å²) in [4.78, 5) is 23.5. The Balaban J connectivity index is 1.67. The molecule has 0 unspecified atom stereocenters. The van der Waals surface area contributed by atoms with Crippen LogP contribution in [0.4, 0.5) is 4.79 Å². The minimum Gasteiger partial charge on any atom is -0.468 e. The van der Waals surface area contributed by atoms with Crippen LogP contribution in [0.15, 0.2) is 48.5 Å². The highest BCUT2D eigenvalue weighted by atomic mass is 16.5. The smallest absolute Gasteiger partial charge is 0.407 e. The first kappa shape index (κ1) is 17.9. The molecule has 1 amide bonds. The minimum absolute atomic E-state index is 0.0160. The van der Waals surface area contributed by atoms with Crippen molar-refractivity contribution in [2.45, 2.75) is 24.9 Å². The summed E-state index contributed by atoms with van der Waals surface area (Å²) in [5.41, 5.74) is 10.3. The van der Waals surface area contributed by atoms with Gasteiger partial charge >= 0.3 is 12.1 Å². The van der Waals surface area contributed by atoms with Gasteiger partial charge in [0.2, 0.25) is 0 Å². The molecule has 6 nitrogen and oxygen atoms in total. The molecule has 136 valence electrons. The number of fused-ring (bicyclic) bond motifs is 3. The molecule has 3 N–H and O–H groups in total. The molecule has 2 atom stereocenters. The summed E-state index contributed by atoms with van der Waals surface area (Å²) >= 11 is 0. The lowest BCUT2D eigenvalue weighted by atomic mass is 9.98. The molecule has 0 heterocycles. The number of rotatable bonds is 5. The molecule has 0 bridgehead atoms. The van der Waals surface area contributed by atoms with Gasteiger partial charge in [-0.05, 0) is 29.2 Å². The van der Waals surface area contributed by atoms with Crippen LogP contribution in [-0.4, -0.2) is 37.9 Å². The molecule has 1 aliphatic carbocycles. The van der Waals surface area contributed by atoms with E-state index in [2.05, 4.69) is 34.3 Å². The number of esters is 1. The minimum atomic E-state index is -0.944. The maximum Gasteiger partial charge on any atom is 0.407 e. The number of alkyl carbamates (subject to hydrolysis) is 1. The molecule has 0 spiro atoms. The summed E-state index contributed by atoms with van der Waals surface area (Å²) in [6.45, 7) is 1.84. The second-order valence-electron chi connectivity index (χ2n) is 6.31.